The highest BCUT2D eigenvalue weighted by Gasteiger charge is 2.33. The van der Waals surface area contributed by atoms with Gasteiger partial charge in [0, 0.05) is 36.0 Å². The van der Waals surface area contributed by atoms with Crippen LogP contribution in [0.2, 0.25) is 0 Å². The predicted molar refractivity (Wildman–Crippen MR) is 202 cm³/mol. The monoisotopic (exact) mass is 713 g/mol. The van der Waals surface area contributed by atoms with Gasteiger partial charge >= 0.3 is 0 Å². The Morgan fingerprint density at radius 3 is 2.43 bits per heavy atom. The Balaban J connectivity index is 1.70. The summed E-state index contributed by atoms with van der Waals surface area (Å²) in [6.07, 6.45) is 3.08. The molecular formula is C39H51N7O4S. The van der Waals surface area contributed by atoms with E-state index in [0.29, 0.717) is 29.4 Å². The number of fused-ring (bicyclic) bond motifs is 4. The summed E-state index contributed by atoms with van der Waals surface area (Å²) in [6.45, 7) is 18.9. The number of rotatable bonds is 8. The topological polar surface area (TPSA) is 131 Å². The second-order valence-electron chi connectivity index (χ2n) is 15.4. The van der Waals surface area contributed by atoms with Crippen LogP contribution in [-0.4, -0.2) is 64.9 Å². The van der Waals surface area contributed by atoms with Gasteiger partial charge in [-0.15, -0.1) is 0 Å². The summed E-state index contributed by atoms with van der Waals surface area (Å²) in [5.41, 5.74) is 4.31. The Morgan fingerprint density at radius 1 is 1.02 bits per heavy atom. The molecular weight excluding hydrogens is 663 g/mol. The molecule has 0 saturated heterocycles. The van der Waals surface area contributed by atoms with Crippen molar-refractivity contribution in [2.45, 2.75) is 98.7 Å². The summed E-state index contributed by atoms with van der Waals surface area (Å²) in [5.74, 6) is 1.36. The van der Waals surface area contributed by atoms with E-state index in [-0.39, 0.29) is 52.8 Å². The molecule has 3 heterocycles. The van der Waals surface area contributed by atoms with Gasteiger partial charge in [-0.3, -0.25) is 4.79 Å². The fraction of sp³-hybridized carbons (Fsp3) is 0.462. The number of ether oxygens (including phenoxy) is 1. The van der Waals surface area contributed by atoms with E-state index in [4.69, 9.17) is 14.7 Å². The Morgan fingerprint density at radius 2 is 1.75 bits per heavy atom. The van der Waals surface area contributed by atoms with E-state index in [9.17, 15) is 13.2 Å². The van der Waals surface area contributed by atoms with Crippen molar-refractivity contribution in [3.8, 4) is 17.1 Å². The quantitative estimate of drug-likeness (QED) is 0.201. The first-order chi connectivity index (χ1) is 23.9. The summed E-state index contributed by atoms with van der Waals surface area (Å²) < 4.78 is 36.9. The van der Waals surface area contributed by atoms with Crippen LogP contribution >= 0.6 is 0 Å². The van der Waals surface area contributed by atoms with E-state index in [1.165, 1.54) is 12.1 Å². The molecule has 11 nitrogen and oxygen atoms in total. The zero-order valence-corrected chi connectivity index (χ0v) is 32.3. The maximum Gasteiger partial charge on any atom is 0.264 e. The van der Waals surface area contributed by atoms with Gasteiger partial charge in [0.25, 0.3) is 15.9 Å². The smallest absolute Gasteiger partial charge is 0.264 e. The van der Waals surface area contributed by atoms with E-state index in [2.05, 4.69) is 69.2 Å². The molecule has 1 atom stereocenters. The van der Waals surface area contributed by atoms with Gasteiger partial charge in [-0.1, -0.05) is 58.9 Å². The van der Waals surface area contributed by atoms with E-state index < -0.39 is 16.1 Å². The van der Waals surface area contributed by atoms with Crippen LogP contribution < -0.4 is 14.4 Å². The number of carbonyl (C=O) groups excluding carboxylic acids is 1. The highest BCUT2D eigenvalue weighted by molar-refractivity contribution is 7.92. The number of aryl methyl sites for hydroxylation is 1. The van der Waals surface area contributed by atoms with Crippen LogP contribution in [0.15, 0.2) is 59.6 Å². The van der Waals surface area contributed by atoms with E-state index in [0.717, 1.165) is 28.9 Å². The van der Waals surface area contributed by atoms with Crippen molar-refractivity contribution in [2.75, 3.05) is 23.3 Å². The summed E-state index contributed by atoms with van der Waals surface area (Å²) in [6, 6.07) is 13.8. The zero-order chi connectivity index (χ0) is 37.2. The number of carbonyl (C=O) groups is 1. The Bertz CT molecular complexity index is 2010. The standard InChI is InChI=1S/C39H51N7O4S/c1-24(2)19-28-14-11-13-26(5)34(28)35-27(6)36-43-38(42-35)44-51(48,49)31-16-12-15-29(20-31)37(47)46(30(23-50-36)21-39(7,8)9)22-32-40-18-17-33(41-32)45(10)25(3)4/h11-18,20,24-25,30H,19,21-23H2,1-10H3,(H,42,43,44)/t30-/m1/s1. The second-order valence-corrected chi connectivity index (χ2v) is 17.0. The lowest BCUT2D eigenvalue weighted by molar-refractivity contribution is 0.0504. The SMILES string of the molecule is Cc1cccc(CC(C)C)c1-c1nc2nc(c1C)OC[C@@H](CC(C)(C)C)N(Cc1nccc(N(C)C(C)C)n1)C(=O)c1cccc(c1)S(=O)(=O)N2. The number of anilines is 2. The van der Waals surface area contributed by atoms with Crippen LogP contribution in [-0.2, 0) is 23.0 Å². The fourth-order valence-corrected chi connectivity index (χ4v) is 7.32. The fourth-order valence-electron chi connectivity index (χ4n) is 6.33. The Labute approximate surface area is 303 Å². The number of amides is 1. The van der Waals surface area contributed by atoms with E-state index in [1.807, 2.05) is 44.0 Å². The van der Waals surface area contributed by atoms with Crippen molar-refractivity contribution in [2.24, 2.45) is 11.3 Å². The summed E-state index contributed by atoms with van der Waals surface area (Å²) >= 11 is 0. The predicted octanol–water partition coefficient (Wildman–Crippen LogP) is 7.23. The molecule has 51 heavy (non-hydrogen) atoms. The van der Waals surface area contributed by atoms with Crippen LogP contribution in [0.4, 0.5) is 11.8 Å². The van der Waals surface area contributed by atoms with Crippen molar-refractivity contribution in [3.05, 3.63) is 82.8 Å². The minimum atomic E-state index is -4.21. The van der Waals surface area contributed by atoms with Crippen LogP contribution in [0.25, 0.3) is 11.3 Å². The van der Waals surface area contributed by atoms with Gasteiger partial charge in [-0.25, -0.2) is 28.1 Å². The van der Waals surface area contributed by atoms with Gasteiger partial charge in [0.15, 0.2) is 0 Å². The van der Waals surface area contributed by atoms with Crippen molar-refractivity contribution in [1.82, 2.24) is 24.8 Å². The maximum absolute atomic E-state index is 14.6. The third-order valence-electron chi connectivity index (χ3n) is 9.04. The molecule has 2 aromatic carbocycles. The molecule has 1 amide bonds. The highest BCUT2D eigenvalue weighted by atomic mass is 32.2. The van der Waals surface area contributed by atoms with Crippen molar-refractivity contribution < 1.29 is 17.9 Å². The Kier molecular flexibility index (Phi) is 11.0. The second kappa shape index (κ2) is 15.0. The molecule has 0 unspecified atom stereocenters. The summed E-state index contributed by atoms with van der Waals surface area (Å²) in [4.78, 5) is 37.0. The minimum Gasteiger partial charge on any atom is -0.475 e. The van der Waals surface area contributed by atoms with Crippen molar-refractivity contribution >= 4 is 27.7 Å². The van der Waals surface area contributed by atoms with Crippen LogP contribution in [0.5, 0.6) is 5.88 Å². The molecule has 2 aromatic heterocycles. The molecule has 0 saturated carbocycles. The molecule has 1 N–H and O–H groups in total. The molecule has 272 valence electrons. The first kappa shape index (κ1) is 37.7. The van der Waals surface area contributed by atoms with Gasteiger partial charge < -0.3 is 14.5 Å². The van der Waals surface area contributed by atoms with Gasteiger partial charge in [0.1, 0.15) is 18.2 Å². The molecule has 1 aliphatic heterocycles. The molecule has 4 aromatic rings. The maximum atomic E-state index is 14.6. The number of hydrogen-bond acceptors (Lipinski definition) is 9. The van der Waals surface area contributed by atoms with Crippen LogP contribution in [0.1, 0.15) is 87.8 Å². The largest absolute Gasteiger partial charge is 0.475 e. The third-order valence-corrected chi connectivity index (χ3v) is 10.4. The molecule has 0 spiro atoms. The van der Waals surface area contributed by atoms with Gasteiger partial charge in [-0.2, -0.15) is 4.98 Å². The highest BCUT2D eigenvalue weighted by Crippen LogP contribution is 2.36. The zero-order valence-electron chi connectivity index (χ0n) is 31.5. The molecule has 0 radical (unpaired) electrons. The van der Waals surface area contributed by atoms with Crippen LogP contribution in [0.3, 0.4) is 0 Å². The van der Waals surface area contributed by atoms with Crippen LogP contribution in [0, 0.1) is 25.2 Å². The number of sulfonamides is 1. The first-order valence-corrected chi connectivity index (χ1v) is 19.0. The molecule has 1 aliphatic rings. The third kappa shape index (κ3) is 8.84. The summed E-state index contributed by atoms with van der Waals surface area (Å²) in [7, 11) is -2.24. The molecule has 5 rings (SSSR count). The molecule has 0 aliphatic carbocycles. The molecule has 4 bridgehead atoms. The van der Waals surface area contributed by atoms with Gasteiger partial charge in [0.2, 0.25) is 11.8 Å². The van der Waals surface area contributed by atoms with E-state index in [1.54, 1.807) is 23.2 Å². The first-order valence-electron chi connectivity index (χ1n) is 17.5. The normalized spacial score (nSPS) is 16.2. The molecule has 0 fully saturated rings. The lowest BCUT2D eigenvalue weighted by atomic mass is 9.87. The average Bonchev–Trinajstić information content (AvgIpc) is 3.05. The number of nitrogens with one attached hydrogen (secondary N) is 1. The summed E-state index contributed by atoms with van der Waals surface area (Å²) in [5, 5.41) is 0. The number of benzene rings is 2. The van der Waals surface area contributed by atoms with Gasteiger partial charge in [0.05, 0.1) is 23.2 Å². The lowest BCUT2D eigenvalue weighted by Gasteiger charge is -2.35. The number of hydrogen-bond donors (Lipinski definition) is 1. The lowest BCUT2D eigenvalue weighted by Crippen LogP contribution is -2.45. The molecule has 12 heteroatoms. The number of aromatic nitrogens is 4. The van der Waals surface area contributed by atoms with Crippen molar-refractivity contribution in [1.29, 1.82) is 0 Å². The van der Waals surface area contributed by atoms with E-state index >= 15 is 0 Å². The average molecular weight is 714 g/mol. The number of nitrogens with zero attached hydrogens (tertiary/aromatic N) is 6. The Hall–Kier alpha value is -4.58. The van der Waals surface area contributed by atoms with Gasteiger partial charge in [-0.05, 0) is 87.3 Å². The minimum absolute atomic E-state index is 0.0821. The van der Waals surface area contributed by atoms with Crippen molar-refractivity contribution in [3.63, 3.8) is 0 Å².